The molecule has 4 heteroatoms. The number of hydrogen-bond donors (Lipinski definition) is 0. The maximum absolute atomic E-state index is 12.2. The Balaban J connectivity index is 2.40. The smallest absolute Gasteiger partial charge is 0.211 e. The molecule has 0 unspecified atom stereocenters. The molecule has 0 fully saturated rings. The second kappa shape index (κ2) is 4.72. The molecule has 0 N–H and O–H groups in total. The predicted molar refractivity (Wildman–Crippen MR) is 67.5 cm³/mol. The van der Waals surface area contributed by atoms with E-state index in [4.69, 9.17) is 11.6 Å². The molecule has 0 amide bonds. The summed E-state index contributed by atoms with van der Waals surface area (Å²) in [6, 6.07) is 8.77. The summed E-state index contributed by atoms with van der Waals surface area (Å²) in [7, 11) is 1.77. The number of nitrogens with zero attached hydrogens (tertiary/aromatic N) is 2. The predicted octanol–water partition coefficient (Wildman–Crippen LogP) is 2.87. The summed E-state index contributed by atoms with van der Waals surface area (Å²) >= 11 is 5.87. The number of benzene rings is 1. The number of ketones is 1. The third-order valence-corrected chi connectivity index (χ3v) is 2.85. The van der Waals surface area contributed by atoms with Crippen LogP contribution < -0.4 is 0 Å². The fourth-order valence-electron chi connectivity index (χ4n) is 1.69. The van der Waals surface area contributed by atoms with Crippen LogP contribution >= 0.6 is 11.6 Å². The van der Waals surface area contributed by atoms with Crippen molar-refractivity contribution < 1.29 is 4.79 Å². The molecule has 0 aliphatic heterocycles. The summed E-state index contributed by atoms with van der Waals surface area (Å²) in [5.41, 5.74) is 2.09. The molecule has 0 aliphatic carbocycles. The molecule has 0 saturated heterocycles. The van der Waals surface area contributed by atoms with E-state index in [1.807, 2.05) is 13.0 Å². The van der Waals surface area contributed by atoms with Gasteiger partial charge in [-0.3, -0.25) is 9.48 Å². The van der Waals surface area contributed by atoms with Crippen LogP contribution in [0.3, 0.4) is 0 Å². The minimum Gasteiger partial charge on any atom is -0.287 e. The van der Waals surface area contributed by atoms with Gasteiger partial charge in [-0.2, -0.15) is 5.10 Å². The van der Waals surface area contributed by atoms with Gasteiger partial charge in [-0.15, -0.1) is 0 Å². The van der Waals surface area contributed by atoms with Crippen molar-refractivity contribution in [3.05, 3.63) is 52.3 Å². The first-order valence-corrected chi connectivity index (χ1v) is 5.82. The van der Waals surface area contributed by atoms with E-state index in [2.05, 4.69) is 5.10 Å². The van der Waals surface area contributed by atoms with E-state index in [0.717, 1.165) is 12.1 Å². The molecule has 0 aliphatic rings. The van der Waals surface area contributed by atoms with Gasteiger partial charge in [0.05, 0.1) is 5.69 Å². The van der Waals surface area contributed by atoms with Crippen molar-refractivity contribution in [3.8, 4) is 0 Å². The first kappa shape index (κ1) is 11.9. The van der Waals surface area contributed by atoms with E-state index in [1.165, 1.54) is 0 Å². The van der Waals surface area contributed by atoms with Gasteiger partial charge < -0.3 is 0 Å². The van der Waals surface area contributed by atoms with Gasteiger partial charge in [0.25, 0.3) is 0 Å². The van der Waals surface area contributed by atoms with Crippen molar-refractivity contribution in [2.24, 2.45) is 7.05 Å². The molecule has 3 nitrogen and oxygen atoms in total. The Morgan fingerprint density at radius 3 is 2.76 bits per heavy atom. The van der Waals surface area contributed by atoms with Gasteiger partial charge in [0.2, 0.25) is 5.78 Å². The number of carbonyl (C=O) groups is 1. The first-order chi connectivity index (χ1) is 8.11. The van der Waals surface area contributed by atoms with E-state index < -0.39 is 0 Å². The Labute approximate surface area is 105 Å². The van der Waals surface area contributed by atoms with Crippen LogP contribution in [0.5, 0.6) is 0 Å². The van der Waals surface area contributed by atoms with Gasteiger partial charge in [0, 0.05) is 17.6 Å². The van der Waals surface area contributed by atoms with Crippen LogP contribution in [0.25, 0.3) is 0 Å². The van der Waals surface area contributed by atoms with Crippen molar-refractivity contribution in [2.45, 2.75) is 13.3 Å². The highest BCUT2D eigenvalue weighted by molar-refractivity contribution is 6.31. The Morgan fingerprint density at radius 2 is 2.18 bits per heavy atom. The molecule has 2 aromatic rings. The van der Waals surface area contributed by atoms with E-state index in [0.29, 0.717) is 16.3 Å². The average molecular weight is 249 g/mol. The van der Waals surface area contributed by atoms with Crippen LogP contribution in [0.1, 0.15) is 28.7 Å². The second-order valence-corrected chi connectivity index (χ2v) is 4.27. The third-order valence-electron chi connectivity index (χ3n) is 2.61. The standard InChI is InChI=1S/C13H13ClN2O/c1-3-11-8-12(16(2)15-11)13(17)9-5-4-6-10(14)7-9/h4-8H,3H2,1-2H3. The van der Waals surface area contributed by atoms with Gasteiger partial charge >= 0.3 is 0 Å². The number of carbonyl (C=O) groups excluding carboxylic acids is 1. The van der Waals surface area contributed by atoms with Gasteiger partial charge in [0.15, 0.2) is 0 Å². The molecule has 0 radical (unpaired) electrons. The molecule has 0 spiro atoms. The van der Waals surface area contributed by atoms with Crippen molar-refractivity contribution in [2.75, 3.05) is 0 Å². The summed E-state index contributed by atoms with van der Waals surface area (Å²) in [4.78, 5) is 12.2. The molecule has 1 aromatic carbocycles. The zero-order valence-electron chi connectivity index (χ0n) is 9.77. The lowest BCUT2D eigenvalue weighted by Crippen LogP contribution is -2.07. The molecule has 1 heterocycles. The second-order valence-electron chi connectivity index (χ2n) is 3.84. The fraction of sp³-hybridized carbons (Fsp3) is 0.231. The van der Waals surface area contributed by atoms with Crippen LogP contribution in [0.4, 0.5) is 0 Å². The zero-order chi connectivity index (χ0) is 12.4. The molecule has 17 heavy (non-hydrogen) atoms. The van der Waals surface area contributed by atoms with Crippen molar-refractivity contribution in [1.82, 2.24) is 9.78 Å². The van der Waals surface area contributed by atoms with Crippen molar-refractivity contribution in [1.29, 1.82) is 0 Å². The minimum atomic E-state index is -0.0535. The summed E-state index contributed by atoms with van der Waals surface area (Å²) in [5, 5.41) is 4.82. The topological polar surface area (TPSA) is 34.9 Å². The van der Waals surface area contributed by atoms with E-state index in [-0.39, 0.29) is 5.78 Å². The van der Waals surface area contributed by atoms with Gasteiger partial charge in [-0.25, -0.2) is 0 Å². The average Bonchev–Trinajstić information content (AvgIpc) is 2.69. The van der Waals surface area contributed by atoms with Crippen molar-refractivity contribution in [3.63, 3.8) is 0 Å². The lowest BCUT2D eigenvalue weighted by molar-refractivity contribution is 0.103. The van der Waals surface area contributed by atoms with E-state index >= 15 is 0 Å². The number of aryl methyl sites for hydroxylation is 2. The molecule has 88 valence electrons. The number of rotatable bonds is 3. The molecule has 0 bridgehead atoms. The van der Waals surface area contributed by atoms with Crippen LogP contribution in [0.15, 0.2) is 30.3 Å². The van der Waals surface area contributed by atoms with E-state index in [1.54, 1.807) is 36.0 Å². The van der Waals surface area contributed by atoms with Crippen LogP contribution in [-0.4, -0.2) is 15.6 Å². The largest absolute Gasteiger partial charge is 0.287 e. The van der Waals surface area contributed by atoms with Gasteiger partial charge in [-0.05, 0) is 24.6 Å². The Kier molecular flexibility index (Phi) is 3.29. The molecular weight excluding hydrogens is 236 g/mol. The fourth-order valence-corrected chi connectivity index (χ4v) is 1.88. The quantitative estimate of drug-likeness (QED) is 0.783. The van der Waals surface area contributed by atoms with Gasteiger partial charge in [-0.1, -0.05) is 30.7 Å². The Hall–Kier alpha value is -1.61. The SMILES string of the molecule is CCc1cc(C(=O)c2cccc(Cl)c2)n(C)n1. The molecule has 1 aromatic heterocycles. The molecule has 2 rings (SSSR count). The highest BCUT2D eigenvalue weighted by atomic mass is 35.5. The lowest BCUT2D eigenvalue weighted by atomic mass is 10.1. The summed E-state index contributed by atoms with van der Waals surface area (Å²) in [6.07, 6.45) is 0.816. The maximum Gasteiger partial charge on any atom is 0.211 e. The van der Waals surface area contributed by atoms with Crippen molar-refractivity contribution >= 4 is 17.4 Å². The van der Waals surface area contributed by atoms with Gasteiger partial charge in [0.1, 0.15) is 5.69 Å². The molecule has 0 saturated carbocycles. The summed E-state index contributed by atoms with van der Waals surface area (Å²) < 4.78 is 1.61. The Bertz CT molecular complexity index is 560. The Morgan fingerprint density at radius 1 is 1.41 bits per heavy atom. The van der Waals surface area contributed by atoms with Crippen LogP contribution in [-0.2, 0) is 13.5 Å². The lowest BCUT2D eigenvalue weighted by Gasteiger charge is -2.01. The zero-order valence-corrected chi connectivity index (χ0v) is 10.5. The first-order valence-electron chi connectivity index (χ1n) is 5.45. The monoisotopic (exact) mass is 248 g/mol. The number of hydrogen-bond acceptors (Lipinski definition) is 2. The third kappa shape index (κ3) is 2.39. The highest BCUT2D eigenvalue weighted by Gasteiger charge is 2.14. The molecular formula is C13H13ClN2O. The highest BCUT2D eigenvalue weighted by Crippen LogP contribution is 2.15. The number of halogens is 1. The maximum atomic E-state index is 12.2. The van der Waals surface area contributed by atoms with Crippen LogP contribution in [0, 0.1) is 0 Å². The summed E-state index contributed by atoms with van der Waals surface area (Å²) in [5.74, 6) is -0.0535. The molecule has 0 atom stereocenters. The van der Waals surface area contributed by atoms with Crippen LogP contribution in [0.2, 0.25) is 5.02 Å². The number of aromatic nitrogens is 2. The minimum absolute atomic E-state index is 0.0535. The summed E-state index contributed by atoms with van der Waals surface area (Å²) in [6.45, 7) is 2.01. The van der Waals surface area contributed by atoms with E-state index in [9.17, 15) is 4.79 Å². The normalized spacial score (nSPS) is 10.5.